The molecule has 0 saturated carbocycles. The number of halogens is 4. The highest BCUT2D eigenvalue weighted by atomic mass is 35.5. The van der Waals surface area contributed by atoms with Crippen LogP contribution in [-0.2, 0) is 10.9 Å². The Balaban J connectivity index is 2.99. The molecule has 0 fully saturated rings. The number of nitrogens with one attached hydrogen (secondary N) is 1. The van der Waals surface area contributed by atoms with E-state index >= 15 is 0 Å². The van der Waals surface area contributed by atoms with Crippen molar-refractivity contribution in [2.45, 2.75) is 32.5 Å². The van der Waals surface area contributed by atoms with E-state index in [1.807, 2.05) is 5.32 Å². The molecule has 0 bridgehead atoms. The predicted molar refractivity (Wildman–Crippen MR) is 64.1 cm³/mol. The Labute approximate surface area is 112 Å². The first kappa shape index (κ1) is 15.6. The zero-order chi connectivity index (χ0) is 14.8. The Morgan fingerprint density at radius 2 is 1.89 bits per heavy atom. The second kappa shape index (κ2) is 5.24. The molecule has 1 N–H and O–H groups in total. The normalized spacial score (nSPS) is 12.2. The third kappa shape index (κ3) is 4.94. The van der Waals surface area contributed by atoms with Gasteiger partial charge in [0.25, 0.3) is 0 Å². The zero-order valence-corrected chi connectivity index (χ0v) is 11.2. The SMILES string of the molecule is CC(C)(C)OC(=O)Nc1ccc(Cl)nc1C(F)(F)F. The van der Waals surface area contributed by atoms with Gasteiger partial charge in [0.1, 0.15) is 10.8 Å². The standard InChI is InChI=1S/C11H12ClF3N2O2/c1-10(2,3)19-9(18)16-6-4-5-7(12)17-8(6)11(13,14)15/h4-5H,1-3H3,(H,16,18). The number of anilines is 1. The Hall–Kier alpha value is -1.50. The summed E-state index contributed by atoms with van der Waals surface area (Å²) in [5.74, 6) is 0. The first-order valence-corrected chi connectivity index (χ1v) is 5.60. The van der Waals surface area contributed by atoms with Crippen molar-refractivity contribution in [1.29, 1.82) is 0 Å². The van der Waals surface area contributed by atoms with E-state index in [1.54, 1.807) is 20.8 Å². The van der Waals surface area contributed by atoms with Crippen LogP contribution >= 0.6 is 11.6 Å². The van der Waals surface area contributed by atoms with Crippen molar-refractivity contribution in [3.8, 4) is 0 Å². The molecule has 106 valence electrons. The molecule has 0 radical (unpaired) electrons. The summed E-state index contributed by atoms with van der Waals surface area (Å²) in [6.45, 7) is 4.78. The van der Waals surface area contributed by atoms with Crippen LogP contribution in [0.25, 0.3) is 0 Å². The number of pyridine rings is 1. The van der Waals surface area contributed by atoms with Crippen molar-refractivity contribution in [1.82, 2.24) is 4.98 Å². The molecule has 0 aliphatic rings. The molecule has 1 amide bonds. The summed E-state index contributed by atoms with van der Waals surface area (Å²) in [6, 6.07) is 2.16. The molecule has 0 aliphatic carbocycles. The summed E-state index contributed by atoms with van der Waals surface area (Å²) >= 11 is 5.41. The van der Waals surface area contributed by atoms with Gasteiger partial charge in [0.2, 0.25) is 0 Å². The molecule has 0 unspecified atom stereocenters. The lowest BCUT2D eigenvalue weighted by atomic mass is 10.2. The summed E-state index contributed by atoms with van der Waals surface area (Å²) in [5.41, 5.74) is -2.60. The van der Waals surface area contributed by atoms with E-state index in [9.17, 15) is 18.0 Å². The number of amides is 1. The van der Waals surface area contributed by atoms with Crippen LogP contribution in [0.1, 0.15) is 26.5 Å². The topological polar surface area (TPSA) is 51.2 Å². The Kier molecular flexibility index (Phi) is 4.29. The summed E-state index contributed by atoms with van der Waals surface area (Å²) in [5, 5.41) is 1.68. The van der Waals surface area contributed by atoms with Crippen molar-refractivity contribution in [2.24, 2.45) is 0 Å². The summed E-state index contributed by atoms with van der Waals surface area (Å²) < 4.78 is 43.0. The number of carbonyl (C=O) groups excluding carboxylic acids is 1. The van der Waals surface area contributed by atoms with Crippen molar-refractivity contribution < 1.29 is 22.7 Å². The Morgan fingerprint density at radius 1 is 1.32 bits per heavy atom. The third-order valence-electron chi connectivity index (χ3n) is 1.77. The molecule has 1 heterocycles. The van der Waals surface area contributed by atoms with Gasteiger partial charge in [-0.1, -0.05) is 11.6 Å². The van der Waals surface area contributed by atoms with E-state index in [1.165, 1.54) is 0 Å². The second-order valence-corrected chi connectivity index (χ2v) is 5.04. The average Bonchev–Trinajstić information content (AvgIpc) is 2.16. The van der Waals surface area contributed by atoms with E-state index in [4.69, 9.17) is 16.3 Å². The fourth-order valence-electron chi connectivity index (χ4n) is 1.17. The largest absolute Gasteiger partial charge is 0.444 e. The van der Waals surface area contributed by atoms with Crippen LogP contribution in [0, 0.1) is 0 Å². The average molecular weight is 297 g/mol. The summed E-state index contributed by atoms with van der Waals surface area (Å²) in [4.78, 5) is 14.6. The molecule has 1 aromatic rings. The number of aromatic nitrogens is 1. The van der Waals surface area contributed by atoms with Crippen molar-refractivity contribution in [2.75, 3.05) is 5.32 Å². The molecule has 19 heavy (non-hydrogen) atoms. The maximum Gasteiger partial charge on any atom is 0.435 e. The zero-order valence-electron chi connectivity index (χ0n) is 10.4. The first-order chi connectivity index (χ1) is 8.49. The lowest BCUT2D eigenvalue weighted by molar-refractivity contribution is -0.140. The monoisotopic (exact) mass is 296 g/mol. The molecular formula is C11H12ClF3N2O2. The highest BCUT2D eigenvalue weighted by Crippen LogP contribution is 2.34. The quantitative estimate of drug-likeness (QED) is 0.794. The van der Waals surface area contributed by atoms with Gasteiger partial charge in [0.15, 0.2) is 5.69 Å². The van der Waals surface area contributed by atoms with Gasteiger partial charge in [-0.25, -0.2) is 9.78 Å². The Morgan fingerprint density at radius 3 is 2.37 bits per heavy atom. The fraction of sp³-hybridized carbons (Fsp3) is 0.455. The van der Waals surface area contributed by atoms with Gasteiger partial charge in [-0.2, -0.15) is 13.2 Å². The smallest absolute Gasteiger partial charge is 0.435 e. The molecule has 0 aliphatic heterocycles. The highest BCUT2D eigenvalue weighted by Gasteiger charge is 2.36. The fourth-order valence-corrected chi connectivity index (χ4v) is 1.31. The van der Waals surface area contributed by atoms with Gasteiger partial charge in [-0.3, -0.25) is 5.32 Å². The van der Waals surface area contributed by atoms with Crippen LogP contribution in [0.15, 0.2) is 12.1 Å². The van der Waals surface area contributed by atoms with E-state index < -0.39 is 29.3 Å². The van der Waals surface area contributed by atoms with Gasteiger partial charge in [-0.15, -0.1) is 0 Å². The van der Waals surface area contributed by atoms with Gasteiger partial charge >= 0.3 is 12.3 Å². The molecule has 0 saturated heterocycles. The molecule has 0 aromatic carbocycles. The number of alkyl halides is 3. The number of hydrogen-bond acceptors (Lipinski definition) is 3. The van der Waals surface area contributed by atoms with E-state index in [-0.39, 0.29) is 5.15 Å². The minimum absolute atomic E-state index is 0.318. The van der Waals surface area contributed by atoms with Crippen LogP contribution in [0.2, 0.25) is 5.15 Å². The van der Waals surface area contributed by atoms with Crippen molar-refractivity contribution in [3.05, 3.63) is 23.0 Å². The van der Waals surface area contributed by atoms with E-state index in [0.717, 1.165) is 12.1 Å². The van der Waals surface area contributed by atoms with Crippen LogP contribution < -0.4 is 5.32 Å². The van der Waals surface area contributed by atoms with Crippen LogP contribution in [-0.4, -0.2) is 16.7 Å². The van der Waals surface area contributed by atoms with Crippen LogP contribution in [0.5, 0.6) is 0 Å². The molecule has 1 rings (SSSR count). The Bertz CT molecular complexity index is 484. The first-order valence-electron chi connectivity index (χ1n) is 5.23. The lowest BCUT2D eigenvalue weighted by Gasteiger charge is -2.20. The van der Waals surface area contributed by atoms with Gasteiger partial charge in [-0.05, 0) is 32.9 Å². The van der Waals surface area contributed by atoms with Gasteiger partial charge in [0, 0.05) is 0 Å². The maximum absolute atomic E-state index is 12.7. The predicted octanol–water partition coefficient (Wildman–Crippen LogP) is 4.10. The second-order valence-electron chi connectivity index (χ2n) is 4.65. The summed E-state index contributed by atoms with van der Waals surface area (Å²) in [7, 11) is 0. The number of carbonyl (C=O) groups is 1. The maximum atomic E-state index is 12.7. The van der Waals surface area contributed by atoms with Crippen LogP contribution in [0.3, 0.4) is 0 Å². The molecular weight excluding hydrogens is 285 g/mol. The number of ether oxygens (including phenoxy) is 1. The van der Waals surface area contributed by atoms with E-state index in [2.05, 4.69) is 4.98 Å². The van der Waals surface area contributed by atoms with Gasteiger partial charge in [0.05, 0.1) is 5.69 Å². The summed E-state index contributed by atoms with van der Waals surface area (Å²) in [6.07, 6.45) is -5.72. The molecule has 0 spiro atoms. The van der Waals surface area contributed by atoms with Crippen molar-refractivity contribution in [3.63, 3.8) is 0 Å². The highest BCUT2D eigenvalue weighted by molar-refractivity contribution is 6.29. The molecule has 0 atom stereocenters. The van der Waals surface area contributed by atoms with Crippen molar-refractivity contribution >= 4 is 23.4 Å². The molecule has 8 heteroatoms. The van der Waals surface area contributed by atoms with Crippen LogP contribution in [0.4, 0.5) is 23.7 Å². The van der Waals surface area contributed by atoms with Gasteiger partial charge < -0.3 is 4.74 Å². The number of rotatable bonds is 1. The van der Waals surface area contributed by atoms with E-state index in [0.29, 0.717) is 0 Å². The lowest BCUT2D eigenvalue weighted by Crippen LogP contribution is -2.28. The third-order valence-corrected chi connectivity index (χ3v) is 1.98. The molecule has 1 aromatic heterocycles. The molecule has 4 nitrogen and oxygen atoms in total. The number of nitrogens with zero attached hydrogens (tertiary/aromatic N) is 1. The number of hydrogen-bond donors (Lipinski definition) is 1. The minimum Gasteiger partial charge on any atom is -0.444 e. The minimum atomic E-state index is -4.73.